The standard InChI is InChI=1S/C30H46N2/c1-19-15-21(27(3,4)5)17-23(29(9,10)11)25(19)31-32-26-20(2)16-22(28(6,7)8)18-24(26)30(12,13)14/h15-18H,1-14H3. The van der Waals surface area contributed by atoms with E-state index in [2.05, 4.69) is 121 Å². The van der Waals surface area contributed by atoms with Crippen LogP contribution >= 0.6 is 0 Å². The van der Waals surface area contributed by atoms with Crippen LogP contribution in [0.3, 0.4) is 0 Å². The molecule has 0 heterocycles. The van der Waals surface area contributed by atoms with Crippen LogP contribution in [0.1, 0.15) is 116 Å². The predicted molar refractivity (Wildman–Crippen MR) is 141 cm³/mol. The molecule has 0 N–H and O–H groups in total. The first-order chi connectivity index (χ1) is 14.2. The van der Waals surface area contributed by atoms with E-state index in [0.717, 1.165) is 11.4 Å². The highest BCUT2D eigenvalue weighted by molar-refractivity contribution is 5.61. The van der Waals surface area contributed by atoms with Crippen molar-refractivity contribution >= 4 is 11.4 Å². The van der Waals surface area contributed by atoms with E-state index in [1.807, 2.05) is 0 Å². The summed E-state index contributed by atoms with van der Waals surface area (Å²) in [6, 6.07) is 9.23. The summed E-state index contributed by atoms with van der Waals surface area (Å²) in [6.45, 7) is 31.5. The molecule has 0 aromatic heterocycles. The molecule has 0 radical (unpaired) electrons. The van der Waals surface area contributed by atoms with E-state index in [1.165, 1.54) is 33.4 Å². The quantitative estimate of drug-likeness (QED) is 0.420. The van der Waals surface area contributed by atoms with Crippen LogP contribution in [0.25, 0.3) is 0 Å². The molecule has 0 aliphatic carbocycles. The Balaban J connectivity index is 2.76. The Bertz CT molecular complexity index is 928. The molecule has 0 unspecified atom stereocenters. The molecular formula is C30H46N2. The lowest BCUT2D eigenvalue weighted by Gasteiger charge is -2.28. The largest absolute Gasteiger partial charge is 0.150 e. The topological polar surface area (TPSA) is 24.7 Å². The van der Waals surface area contributed by atoms with E-state index < -0.39 is 0 Å². The molecule has 0 bridgehead atoms. The summed E-state index contributed by atoms with van der Waals surface area (Å²) in [7, 11) is 0. The highest BCUT2D eigenvalue weighted by Gasteiger charge is 2.26. The van der Waals surface area contributed by atoms with Gasteiger partial charge in [-0.05, 0) is 68.9 Å². The Hall–Kier alpha value is -1.96. The lowest BCUT2D eigenvalue weighted by atomic mass is 9.78. The summed E-state index contributed by atoms with van der Waals surface area (Å²) in [5, 5.41) is 9.83. The minimum atomic E-state index is -0.0155. The molecule has 0 saturated heterocycles. The molecule has 0 atom stereocenters. The Kier molecular flexibility index (Phi) is 6.93. The van der Waals surface area contributed by atoms with E-state index in [-0.39, 0.29) is 21.7 Å². The molecule has 32 heavy (non-hydrogen) atoms. The van der Waals surface area contributed by atoms with Gasteiger partial charge < -0.3 is 0 Å². The number of rotatable bonds is 2. The monoisotopic (exact) mass is 434 g/mol. The minimum Gasteiger partial charge on any atom is -0.150 e. The fraction of sp³-hybridized carbons (Fsp3) is 0.600. The number of nitrogens with zero attached hydrogens (tertiary/aromatic N) is 2. The molecule has 0 amide bonds. The number of hydrogen-bond acceptors (Lipinski definition) is 2. The van der Waals surface area contributed by atoms with Crippen LogP contribution < -0.4 is 0 Å². The van der Waals surface area contributed by atoms with E-state index in [1.54, 1.807) is 0 Å². The number of hydrogen-bond donors (Lipinski definition) is 0. The maximum atomic E-state index is 4.92. The van der Waals surface area contributed by atoms with E-state index in [0.29, 0.717) is 0 Å². The Morgan fingerprint density at radius 1 is 0.438 bits per heavy atom. The maximum absolute atomic E-state index is 4.92. The van der Waals surface area contributed by atoms with Gasteiger partial charge in [0.1, 0.15) is 0 Å². The lowest BCUT2D eigenvalue weighted by molar-refractivity contribution is 0.566. The zero-order chi connectivity index (χ0) is 24.9. The molecular weight excluding hydrogens is 388 g/mol. The van der Waals surface area contributed by atoms with Crippen LogP contribution in [-0.4, -0.2) is 0 Å². The van der Waals surface area contributed by atoms with E-state index in [4.69, 9.17) is 10.2 Å². The average Bonchev–Trinajstić information content (AvgIpc) is 2.57. The first-order valence-corrected chi connectivity index (χ1v) is 12.0. The molecule has 0 aliphatic rings. The van der Waals surface area contributed by atoms with Crippen molar-refractivity contribution < 1.29 is 0 Å². The fourth-order valence-electron chi connectivity index (χ4n) is 3.93. The normalized spacial score (nSPS) is 13.8. The second-order valence-electron chi connectivity index (χ2n) is 13.6. The molecule has 2 nitrogen and oxygen atoms in total. The van der Waals surface area contributed by atoms with Gasteiger partial charge in [-0.15, -0.1) is 10.2 Å². The lowest BCUT2D eigenvalue weighted by Crippen LogP contribution is -2.17. The smallest absolute Gasteiger partial charge is 0.0923 e. The fourth-order valence-corrected chi connectivity index (χ4v) is 3.93. The van der Waals surface area contributed by atoms with Crippen molar-refractivity contribution in [2.75, 3.05) is 0 Å². The summed E-state index contributed by atoms with van der Waals surface area (Å²) in [4.78, 5) is 0. The molecule has 0 saturated carbocycles. The van der Waals surface area contributed by atoms with Gasteiger partial charge in [-0.3, -0.25) is 0 Å². The molecule has 2 heteroatoms. The molecule has 2 aromatic carbocycles. The van der Waals surface area contributed by atoms with E-state index >= 15 is 0 Å². The number of azo groups is 1. The van der Waals surface area contributed by atoms with Crippen molar-refractivity contribution in [1.29, 1.82) is 0 Å². The zero-order valence-electron chi connectivity index (χ0n) is 23.2. The van der Waals surface area contributed by atoms with Gasteiger partial charge in [0.05, 0.1) is 11.4 Å². The van der Waals surface area contributed by atoms with Crippen LogP contribution in [0.5, 0.6) is 0 Å². The van der Waals surface area contributed by atoms with Crippen LogP contribution in [0.15, 0.2) is 34.5 Å². The third-order valence-electron chi connectivity index (χ3n) is 6.20. The maximum Gasteiger partial charge on any atom is 0.0923 e. The Labute approximate surface area is 198 Å². The predicted octanol–water partition coefficient (Wildman–Crippen LogP) is 9.91. The van der Waals surface area contributed by atoms with Crippen LogP contribution in [-0.2, 0) is 21.7 Å². The molecule has 2 rings (SSSR count). The highest BCUT2D eigenvalue weighted by atomic mass is 15.1. The van der Waals surface area contributed by atoms with Gasteiger partial charge in [-0.2, -0.15) is 0 Å². The average molecular weight is 435 g/mol. The highest BCUT2D eigenvalue weighted by Crippen LogP contribution is 2.42. The third-order valence-corrected chi connectivity index (χ3v) is 6.20. The Morgan fingerprint density at radius 2 is 0.719 bits per heavy atom. The number of aryl methyl sites for hydroxylation is 2. The van der Waals surface area contributed by atoms with Gasteiger partial charge in [-0.1, -0.05) is 107 Å². The molecule has 0 aliphatic heterocycles. The molecule has 2 aromatic rings. The van der Waals surface area contributed by atoms with Crippen molar-refractivity contribution in [2.45, 2.75) is 119 Å². The van der Waals surface area contributed by atoms with Gasteiger partial charge in [0, 0.05) is 0 Å². The third kappa shape index (κ3) is 5.88. The van der Waals surface area contributed by atoms with Crippen molar-refractivity contribution in [3.8, 4) is 0 Å². The van der Waals surface area contributed by atoms with Crippen LogP contribution in [0.2, 0.25) is 0 Å². The van der Waals surface area contributed by atoms with Crippen molar-refractivity contribution in [1.82, 2.24) is 0 Å². The molecule has 0 fully saturated rings. The SMILES string of the molecule is Cc1cc(C(C)(C)C)cc(C(C)(C)C)c1N=Nc1c(C)cc(C(C)(C)C)cc1C(C)(C)C. The van der Waals surface area contributed by atoms with Crippen LogP contribution in [0, 0.1) is 13.8 Å². The van der Waals surface area contributed by atoms with Gasteiger partial charge in [0.2, 0.25) is 0 Å². The molecule has 0 spiro atoms. The summed E-state index contributed by atoms with van der Waals surface area (Å²) >= 11 is 0. The summed E-state index contributed by atoms with van der Waals surface area (Å²) in [5.41, 5.74) is 9.75. The van der Waals surface area contributed by atoms with Crippen molar-refractivity contribution in [3.63, 3.8) is 0 Å². The van der Waals surface area contributed by atoms with Gasteiger partial charge in [0.15, 0.2) is 0 Å². The summed E-state index contributed by atoms with van der Waals surface area (Å²) < 4.78 is 0. The van der Waals surface area contributed by atoms with Crippen molar-refractivity contribution in [2.24, 2.45) is 10.2 Å². The van der Waals surface area contributed by atoms with Gasteiger partial charge >= 0.3 is 0 Å². The molecule has 176 valence electrons. The Morgan fingerprint density at radius 3 is 0.938 bits per heavy atom. The van der Waals surface area contributed by atoms with Crippen molar-refractivity contribution in [3.05, 3.63) is 57.6 Å². The van der Waals surface area contributed by atoms with Gasteiger partial charge in [-0.25, -0.2) is 0 Å². The first-order valence-electron chi connectivity index (χ1n) is 12.0. The first kappa shape index (κ1) is 26.3. The van der Waals surface area contributed by atoms with Crippen LogP contribution in [0.4, 0.5) is 11.4 Å². The minimum absolute atomic E-state index is 0.0155. The number of benzene rings is 2. The summed E-state index contributed by atoms with van der Waals surface area (Å²) in [5.74, 6) is 0. The summed E-state index contributed by atoms with van der Waals surface area (Å²) in [6.07, 6.45) is 0. The second kappa shape index (κ2) is 8.43. The zero-order valence-corrected chi connectivity index (χ0v) is 23.2. The van der Waals surface area contributed by atoms with Gasteiger partial charge in [0.25, 0.3) is 0 Å². The second-order valence-corrected chi connectivity index (χ2v) is 13.6. The van der Waals surface area contributed by atoms with E-state index in [9.17, 15) is 0 Å².